The largest absolute Gasteiger partial charge is 0.480 e. The molecule has 0 bridgehead atoms. The van der Waals surface area contributed by atoms with E-state index in [1.807, 2.05) is 5.09 Å². The van der Waals surface area contributed by atoms with Crippen molar-refractivity contribution in [1.82, 2.24) is 14.6 Å². The number of nitrogen functional groups attached to an aromatic ring is 1. The van der Waals surface area contributed by atoms with Gasteiger partial charge in [0.25, 0.3) is 0 Å². The van der Waals surface area contributed by atoms with Gasteiger partial charge in [-0.25, -0.2) is 14.4 Å². The average Bonchev–Trinajstić information content (AvgIpc) is 2.78. The maximum absolute atomic E-state index is 14.8. The van der Waals surface area contributed by atoms with Gasteiger partial charge >= 0.3 is 25.3 Å². The number of fused-ring (bicyclic) bond motifs is 1. The highest BCUT2D eigenvalue weighted by Crippen LogP contribution is 2.57. The molecule has 1 aromatic heterocycles. The third-order valence-electron chi connectivity index (χ3n) is 3.84. The number of aliphatic carboxylic acids is 1. The second-order valence-electron chi connectivity index (χ2n) is 5.75. The zero-order valence-corrected chi connectivity index (χ0v) is 14.1. The summed E-state index contributed by atoms with van der Waals surface area (Å²) in [7, 11) is -4.33. The van der Waals surface area contributed by atoms with Crippen LogP contribution in [0.25, 0.3) is 0 Å². The van der Waals surface area contributed by atoms with Crippen molar-refractivity contribution in [3.63, 3.8) is 0 Å². The normalized spacial score (nSPS) is 34.2. The van der Waals surface area contributed by atoms with Crippen LogP contribution in [0.3, 0.4) is 0 Å². The zero-order chi connectivity index (χ0) is 19.3. The Kier molecular flexibility index (Phi) is 4.61. The molecule has 144 valence electrons. The Morgan fingerprint density at radius 3 is 2.92 bits per heavy atom. The van der Waals surface area contributed by atoms with Crippen molar-refractivity contribution in [2.45, 2.75) is 37.3 Å². The molecule has 2 unspecified atom stereocenters. The average molecular weight is 396 g/mol. The molecule has 0 aromatic carbocycles. The molecule has 14 heteroatoms. The van der Waals surface area contributed by atoms with Crippen molar-refractivity contribution in [3.05, 3.63) is 22.7 Å². The lowest BCUT2D eigenvalue weighted by Crippen LogP contribution is -2.47. The minimum Gasteiger partial charge on any atom is -0.480 e. The number of nitrogens with zero attached hydrogens (tertiary/aromatic N) is 2. The number of nitrogens with two attached hydrogens (primary N) is 1. The molecule has 5 atom stereocenters. The lowest BCUT2D eigenvalue weighted by Gasteiger charge is -2.33. The number of nitrogens with one attached hydrogen (secondary N) is 1. The molecule has 11 nitrogen and oxygen atoms in total. The van der Waals surface area contributed by atoms with E-state index in [1.54, 1.807) is 0 Å². The SMILES string of the molecule is CC(NP1(=O)OC[C@H]2O[C@@H](n3ccc(N)nc3=O)C(F)(F)[C@@H]2O1)C(=O)O. The van der Waals surface area contributed by atoms with Gasteiger partial charge in [0.1, 0.15) is 18.0 Å². The first-order valence-electron chi connectivity index (χ1n) is 7.35. The predicted octanol–water partition coefficient (Wildman–Crippen LogP) is -0.0556. The number of halogens is 2. The van der Waals surface area contributed by atoms with E-state index in [0.717, 1.165) is 19.2 Å². The Labute approximate surface area is 144 Å². The molecule has 2 fully saturated rings. The van der Waals surface area contributed by atoms with E-state index < -0.39 is 56.4 Å². The van der Waals surface area contributed by atoms with Gasteiger partial charge in [-0.2, -0.15) is 13.8 Å². The Balaban J connectivity index is 1.86. The summed E-state index contributed by atoms with van der Waals surface area (Å²) in [4.78, 5) is 26.0. The summed E-state index contributed by atoms with van der Waals surface area (Å²) >= 11 is 0. The maximum atomic E-state index is 14.8. The summed E-state index contributed by atoms with van der Waals surface area (Å²) in [5, 5.41) is 10.9. The lowest BCUT2D eigenvalue weighted by molar-refractivity contribution is -0.139. The van der Waals surface area contributed by atoms with Gasteiger partial charge in [-0.15, -0.1) is 0 Å². The van der Waals surface area contributed by atoms with Crippen LogP contribution in [-0.4, -0.2) is 51.4 Å². The molecular formula is C12H15F2N4O7P. The maximum Gasteiger partial charge on any atom is 0.406 e. The van der Waals surface area contributed by atoms with E-state index >= 15 is 0 Å². The van der Waals surface area contributed by atoms with E-state index in [9.17, 15) is 22.9 Å². The monoisotopic (exact) mass is 396 g/mol. The first-order chi connectivity index (χ1) is 12.0. The third-order valence-corrected chi connectivity index (χ3v) is 5.53. The number of anilines is 1. The van der Waals surface area contributed by atoms with E-state index in [-0.39, 0.29) is 5.82 Å². The van der Waals surface area contributed by atoms with Gasteiger partial charge in [-0.3, -0.25) is 18.4 Å². The molecule has 0 amide bonds. The number of hydrogen-bond acceptors (Lipinski definition) is 8. The number of hydrogen-bond donors (Lipinski definition) is 3. The fourth-order valence-electron chi connectivity index (χ4n) is 2.55. The molecule has 2 aliphatic rings. The number of carboxylic acids is 1. The molecular weight excluding hydrogens is 381 g/mol. The standard InChI is InChI=1S/C12H15F2N4O7P/c1-5(9(19)20)17-26(22)23-4-6-8(25-26)12(13,14)10(24-6)18-3-2-7(15)16-11(18)21/h2-3,5-6,8,10H,4H2,1H3,(H,17,22)(H,19,20)(H2,15,16,21)/t5?,6-,8-,10-,26?/m1/s1. The molecule has 0 radical (unpaired) electrons. The van der Waals surface area contributed by atoms with Gasteiger partial charge in [-0.05, 0) is 13.0 Å². The van der Waals surface area contributed by atoms with Crippen LogP contribution in [0.4, 0.5) is 14.6 Å². The lowest BCUT2D eigenvalue weighted by atomic mass is 10.1. The van der Waals surface area contributed by atoms with Crippen LogP contribution >= 0.6 is 7.75 Å². The second-order valence-corrected chi connectivity index (χ2v) is 7.47. The van der Waals surface area contributed by atoms with E-state index in [4.69, 9.17) is 24.6 Å². The summed E-state index contributed by atoms with van der Waals surface area (Å²) in [5.74, 6) is -5.30. The fourth-order valence-corrected chi connectivity index (χ4v) is 4.25. The minimum atomic E-state index is -4.33. The Morgan fingerprint density at radius 2 is 2.31 bits per heavy atom. The molecule has 4 N–H and O–H groups in total. The number of ether oxygens (including phenoxy) is 1. The van der Waals surface area contributed by atoms with Gasteiger partial charge in [0, 0.05) is 6.20 Å². The van der Waals surface area contributed by atoms with E-state index in [1.165, 1.54) is 0 Å². The van der Waals surface area contributed by atoms with Crippen molar-refractivity contribution >= 4 is 19.5 Å². The summed E-state index contributed by atoms with van der Waals surface area (Å²) in [6.45, 7) is 0.594. The molecule has 1 aromatic rings. The molecule has 3 heterocycles. The van der Waals surface area contributed by atoms with Crippen LogP contribution in [0.1, 0.15) is 13.2 Å². The summed E-state index contributed by atoms with van der Waals surface area (Å²) in [6, 6.07) is -0.228. The summed E-state index contributed by atoms with van der Waals surface area (Å²) < 4.78 is 57.4. The van der Waals surface area contributed by atoms with Gasteiger partial charge < -0.3 is 15.6 Å². The summed E-state index contributed by atoms with van der Waals surface area (Å²) in [6.07, 6.45) is -4.44. The molecule has 2 aliphatic heterocycles. The molecule has 3 rings (SSSR count). The van der Waals surface area contributed by atoms with Crippen molar-refractivity contribution in [1.29, 1.82) is 0 Å². The van der Waals surface area contributed by atoms with Crippen molar-refractivity contribution in [2.75, 3.05) is 12.3 Å². The van der Waals surface area contributed by atoms with Gasteiger partial charge in [0.05, 0.1) is 6.61 Å². The van der Waals surface area contributed by atoms with E-state index in [0.29, 0.717) is 4.57 Å². The van der Waals surface area contributed by atoms with Crippen molar-refractivity contribution < 1.29 is 37.0 Å². The van der Waals surface area contributed by atoms with Crippen molar-refractivity contribution in [2.24, 2.45) is 0 Å². The van der Waals surface area contributed by atoms with Gasteiger partial charge in [-0.1, -0.05) is 0 Å². The highest BCUT2D eigenvalue weighted by atomic mass is 31.2. The second kappa shape index (κ2) is 6.35. The van der Waals surface area contributed by atoms with E-state index in [2.05, 4.69) is 4.98 Å². The molecule has 0 aliphatic carbocycles. The summed E-state index contributed by atoms with van der Waals surface area (Å²) in [5.41, 5.74) is 4.27. The molecule has 26 heavy (non-hydrogen) atoms. The highest BCUT2D eigenvalue weighted by molar-refractivity contribution is 7.51. The number of carbonyl (C=O) groups is 1. The van der Waals surface area contributed by atoms with Gasteiger partial charge in [0.2, 0.25) is 6.23 Å². The van der Waals surface area contributed by atoms with Crippen LogP contribution in [0, 0.1) is 0 Å². The predicted molar refractivity (Wildman–Crippen MR) is 80.4 cm³/mol. The number of alkyl halides is 2. The Hall–Kier alpha value is -1.92. The van der Waals surface area contributed by atoms with Crippen LogP contribution in [0.5, 0.6) is 0 Å². The first kappa shape index (κ1) is 18.9. The number of carboxylic acid groups (broad SMARTS) is 1. The van der Waals surface area contributed by atoms with Crippen LogP contribution in [0.2, 0.25) is 0 Å². The zero-order valence-electron chi connectivity index (χ0n) is 13.2. The van der Waals surface area contributed by atoms with Crippen LogP contribution in [0.15, 0.2) is 17.1 Å². The smallest absolute Gasteiger partial charge is 0.406 e. The Bertz CT molecular complexity index is 834. The van der Waals surface area contributed by atoms with Crippen LogP contribution in [-0.2, 0) is 23.1 Å². The highest BCUT2D eigenvalue weighted by Gasteiger charge is 2.65. The van der Waals surface area contributed by atoms with Crippen molar-refractivity contribution in [3.8, 4) is 0 Å². The third kappa shape index (κ3) is 3.23. The fraction of sp³-hybridized carbons (Fsp3) is 0.583. The minimum absolute atomic E-state index is 0.152. The molecule has 0 spiro atoms. The number of rotatable bonds is 4. The molecule has 2 saturated heterocycles. The van der Waals surface area contributed by atoms with Gasteiger partial charge in [0.15, 0.2) is 6.10 Å². The number of aromatic nitrogens is 2. The quantitative estimate of drug-likeness (QED) is 0.590. The topological polar surface area (TPSA) is 155 Å². The Morgan fingerprint density at radius 1 is 1.62 bits per heavy atom. The van der Waals surface area contributed by atoms with Crippen LogP contribution < -0.4 is 16.5 Å². The molecule has 0 saturated carbocycles. The first-order valence-corrected chi connectivity index (χ1v) is 8.89.